The Morgan fingerprint density at radius 3 is 2.61 bits per heavy atom. The van der Waals surface area contributed by atoms with E-state index >= 15 is 0 Å². The standard InChI is InChI=1S/C22H23ClN6O2/c1-14-11-16(27-31-14)13-28-7-9-29(10-8-28)20-18(23)12-24-22-19(20)25-21(26-22)15-3-5-17(30-2)6-4-15/h3-6,11-12H,7-10,13H2,1-2H3,(H,24,25,26). The number of aryl methyl sites for hydroxylation is 1. The Morgan fingerprint density at radius 2 is 1.94 bits per heavy atom. The van der Waals surface area contributed by atoms with Crippen molar-refractivity contribution in [1.82, 2.24) is 25.0 Å². The normalized spacial score (nSPS) is 15.0. The minimum absolute atomic E-state index is 0.612. The summed E-state index contributed by atoms with van der Waals surface area (Å²) in [5.74, 6) is 2.40. The fraction of sp³-hybridized carbons (Fsp3) is 0.318. The van der Waals surface area contributed by atoms with Crippen LogP contribution >= 0.6 is 11.6 Å². The molecule has 0 amide bonds. The molecule has 5 rings (SSSR count). The van der Waals surface area contributed by atoms with E-state index in [-0.39, 0.29) is 0 Å². The van der Waals surface area contributed by atoms with Gasteiger partial charge in [0.05, 0.1) is 29.7 Å². The number of pyridine rings is 1. The molecule has 0 spiro atoms. The lowest BCUT2D eigenvalue weighted by Gasteiger charge is -2.36. The molecule has 0 unspecified atom stereocenters. The van der Waals surface area contributed by atoms with Gasteiger partial charge in [0.2, 0.25) is 0 Å². The molecule has 1 fully saturated rings. The number of hydrogen-bond donors (Lipinski definition) is 1. The minimum Gasteiger partial charge on any atom is -0.497 e. The van der Waals surface area contributed by atoms with Gasteiger partial charge in [0.1, 0.15) is 22.9 Å². The van der Waals surface area contributed by atoms with Crippen LogP contribution in [-0.4, -0.2) is 58.3 Å². The molecule has 0 bridgehead atoms. The second kappa shape index (κ2) is 8.20. The Kier molecular flexibility index (Phi) is 5.25. The van der Waals surface area contributed by atoms with E-state index in [1.54, 1.807) is 13.3 Å². The van der Waals surface area contributed by atoms with Crippen molar-refractivity contribution in [3.63, 3.8) is 0 Å². The van der Waals surface area contributed by atoms with Gasteiger partial charge in [0.15, 0.2) is 5.65 Å². The maximum atomic E-state index is 6.59. The molecule has 0 aliphatic carbocycles. The molecule has 31 heavy (non-hydrogen) atoms. The largest absolute Gasteiger partial charge is 0.497 e. The maximum Gasteiger partial charge on any atom is 0.159 e. The monoisotopic (exact) mass is 438 g/mol. The summed E-state index contributed by atoms with van der Waals surface area (Å²) < 4.78 is 10.4. The predicted molar refractivity (Wildman–Crippen MR) is 120 cm³/mol. The van der Waals surface area contributed by atoms with Crippen LogP contribution in [0.15, 0.2) is 41.1 Å². The first-order valence-corrected chi connectivity index (χ1v) is 10.6. The summed E-state index contributed by atoms with van der Waals surface area (Å²) in [6.45, 7) is 6.20. The van der Waals surface area contributed by atoms with E-state index in [1.165, 1.54) is 0 Å². The number of H-pyrrole nitrogens is 1. The number of methoxy groups -OCH3 is 1. The highest BCUT2D eigenvalue weighted by Crippen LogP contribution is 2.34. The molecule has 160 valence electrons. The highest BCUT2D eigenvalue weighted by molar-refractivity contribution is 6.34. The van der Waals surface area contributed by atoms with Gasteiger partial charge in [-0.3, -0.25) is 4.90 Å². The molecule has 4 heterocycles. The number of nitrogens with one attached hydrogen (secondary N) is 1. The van der Waals surface area contributed by atoms with Crippen molar-refractivity contribution in [2.45, 2.75) is 13.5 Å². The average molecular weight is 439 g/mol. The summed E-state index contributed by atoms with van der Waals surface area (Å²) >= 11 is 6.59. The number of ether oxygens (including phenoxy) is 1. The molecule has 1 N–H and O–H groups in total. The van der Waals surface area contributed by atoms with Gasteiger partial charge in [-0.25, -0.2) is 9.97 Å². The zero-order chi connectivity index (χ0) is 21.4. The average Bonchev–Trinajstić information content (AvgIpc) is 3.40. The summed E-state index contributed by atoms with van der Waals surface area (Å²) in [7, 11) is 1.65. The molecule has 4 aromatic rings. The number of nitrogens with zero attached hydrogens (tertiary/aromatic N) is 5. The third kappa shape index (κ3) is 3.96. The van der Waals surface area contributed by atoms with E-state index in [1.807, 2.05) is 37.3 Å². The first-order chi connectivity index (χ1) is 15.1. The van der Waals surface area contributed by atoms with Crippen LogP contribution in [0.5, 0.6) is 5.75 Å². The lowest BCUT2D eigenvalue weighted by Crippen LogP contribution is -2.46. The van der Waals surface area contributed by atoms with Crippen molar-refractivity contribution in [2.75, 3.05) is 38.2 Å². The SMILES string of the molecule is COc1ccc(-c2nc3c(N4CCN(Cc5cc(C)on5)CC4)c(Cl)cnc3[nH]2)cc1. The van der Waals surface area contributed by atoms with Gasteiger partial charge < -0.3 is 19.1 Å². The van der Waals surface area contributed by atoms with Crippen molar-refractivity contribution >= 4 is 28.5 Å². The molecule has 0 radical (unpaired) electrons. The molecule has 3 aromatic heterocycles. The van der Waals surface area contributed by atoms with Gasteiger partial charge in [0.25, 0.3) is 0 Å². The van der Waals surface area contributed by atoms with E-state index in [4.69, 9.17) is 25.8 Å². The number of aromatic nitrogens is 4. The molecule has 0 atom stereocenters. The number of fused-ring (bicyclic) bond motifs is 1. The highest BCUT2D eigenvalue weighted by Gasteiger charge is 2.24. The second-order valence-electron chi connectivity index (χ2n) is 7.66. The number of imidazole rings is 1. The number of aromatic amines is 1. The Bertz CT molecular complexity index is 1190. The van der Waals surface area contributed by atoms with Gasteiger partial charge in [-0.05, 0) is 31.2 Å². The Hall–Kier alpha value is -3.10. The van der Waals surface area contributed by atoms with E-state index in [0.29, 0.717) is 5.02 Å². The Morgan fingerprint density at radius 1 is 1.16 bits per heavy atom. The fourth-order valence-electron chi connectivity index (χ4n) is 3.96. The van der Waals surface area contributed by atoms with Gasteiger partial charge >= 0.3 is 0 Å². The number of piperazine rings is 1. The second-order valence-corrected chi connectivity index (χ2v) is 8.07. The summed E-state index contributed by atoms with van der Waals surface area (Å²) in [6, 6.07) is 9.77. The summed E-state index contributed by atoms with van der Waals surface area (Å²) in [5, 5.41) is 4.71. The summed E-state index contributed by atoms with van der Waals surface area (Å²) in [6.07, 6.45) is 1.69. The fourth-order valence-corrected chi connectivity index (χ4v) is 4.21. The molecule has 1 aliphatic rings. The van der Waals surface area contributed by atoms with E-state index in [9.17, 15) is 0 Å². The first-order valence-electron chi connectivity index (χ1n) is 10.2. The lowest BCUT2D eigenvalue weighted by molar-refractivity contribution is 0.242. The summed E-state index contributed by atoms with van der Waals surface area (Å²) in [5.41, 5.74) is 4.38. The van der Waals surface area contributed by atoms with Crippen LogP contribution in [-0.2, 0) is 6.54 Å². The summed E-state index contributed by atoms with van der Waals surface area (Å²) in [4.78, 5) is 17.3. The Balaban J connectivity index is 1.38. The molecule has 1 aromatic carbocycles. The number of anilines is 1. The van der Waals surface area contributed by atoms with Crippen LogP contribution in [0, 0.1) is 6.92 Å². The zero-order valence-corrected chi connectivity index (χ0v) is 18.2. The topological polar surface area (TPSA) is 83.3 Å². The highest BCUT2D eigenvalue weighted by atomic mass is 35.5. The molecule has 1 aliphatic heterocycles. The van der Waals surface area contributed by atoms with Crippen molar-refractivity contribution in [3.05, 3.63) is 53.0 Å². The quantitative estimate of drug-likeness (QED) is 0.505. The van der Waals surface area contributed by atoms with Gasteiger partial charge in [-0.1, -0.05) is 16.8 Å². The van der Waals surface area contributed by atoms with Crippen LogP contribution in [0.25, 0.3) is 22.6 Å². The number of rotatable bonds is 5. The minimum atomic E-state index is 0.612. The number of hydrogen-bond acceptors (Lipinski definition) is 7. The smallest absolute Gasteiger partial charge is 0.159 e. The van der Waals surface area contributed by atoms with Gasteiger partial charge in [-0.2, -0.15) is 0 Å². The van der Waals surface area contributed by atoms with E-state index in [2.05, 4.69) is 24.9 Å². The molecular formula is C22H23ClN6O2. The van der Waals surface area contributed by atoms with Crippen molar-refractivity contribution in [2.24, 2.45) is 0 Å². The Labute approximate surface area is 184 Å². The number of halogens is 1. The van der Waals surface area contributed by atoms with Crippen LogP contribution < -0.4 is 9.64 Å². The van der Waals surface area contributed by atoms with Gasteiger partial charge in [-0.15, -0.1) is 0 Å². The first kappa shape index (κ1) is 19.8. The maximum absolute atomic E-state index is 6.59. The van der Waals surface area contributed by atoms with Crippen molar-refractivity contribution < 1.29 is 9.26 Å². The zero-order valence-electron chi connectivity index (χ0n) is 17.4. The van der Waals surface area contributed by atoms with Crippen LogP contribution in [0.1, 0.15) is 11.5 Å². The van der Waals surface area contributed by atoms with E-state index in [0.717, 1.165) is 78.2 Å². The van der Waals surface area contributed by atoms with Crippen LogP contribution in [0.4, 0.5) is 5.69 Å². The van der Waals surface area contributed by atoms with Crippen molar-refractivity contribution in [3.8, 4) is 17.1 Å². The molecule has 0 saturated carbocycles. The number of benzene rings is 1. The molecule has 1 saturated heterocycles. The predicted octanol–water partition coefficient (Wildman–Crippen LogP) is 3.91. The molecule has 9 heteroatoms. The van der Waals surface area contributed by atoms with Gasteiger partial charge in [0, 0.05) is 44.4 Å². The molecule has 8 nitrogen and oxygen atoms in total. The van der Waals surface area contributed by atoms with Crippen LogP contribution in [0.2, 0.25) is 5.02 Å². The van der Waals surface area contributed by atoms with Crippen molar-refractivity contribution in [1.29, 1.82) is 0 Å². The third-order valence-electron chi connectivity index (χ3n) is 5.56. The van der Waals surface area contributed by atoms with Crippen LogP contribution in [0.3, 0.4) is 0 Å². The van der Waals surface area contributed by atoms with E-state index < -0.39 is 0 Å². The lowest BCUT2D eigenvalue weighted by atomic mass is 10.2. The third-order valence-corrected chi connectivity index (χ3v) is 5.83. The molecular weight excluding hydrogens is 416 g/mol.